The Balaban J connectivity index is 1.89. The molecule has 0 radical (unpaired) electrons. The number of carboxylic acids is 1. The van der Waals surface area contributed by atoms with E-state index in [0.717, 1.165) is 11.1 Å². The van der Waals surface area contributed by atoms with E-state index in [1.807, 2.05) is 32.0 Å². The van der Waals surface area contributed by atoms with Crippen LogP contribution in [0.25, 0.3) is 0 Å². The van der Waals surface area contributed by atoms with Crippen LogP contribution in [0.5, 0.6) is 0 Å². The van der Waals surface area contributed by atoms with Crippen LogP contribution in [0.2, 0.25) is 0 Å². The molecular formula is C21H23NO4. The summed E-state index contributed by atoms with van der Waals surface area (Å²) in [6, 6.07) is 14.4. The molecule has 1 unspecified atom stereocenters. The molecule has 5 nitrogen and oxygen atoms in total. The first-order valence-electron chi connectivity index (χ1n) is 8.53. The summed E-state index contributed by atoms with van der Waals surface area (Å²) >= 11 is 0. The molecule has 0 aliphatic heterocycles. The fraction of sp³-hybridized carbons (Fsp3) is 0.286. The second-order valence-corrected chi connectivity index (χ2v) is 6.35. The molecule has 0 aliphatic carbocycles. The number of benzene rings is 2. The minimum absolute atomic E-state index is 0.00412. The maximum atomic E-state index is 12.3. The van der Waals surface area contributed by atoms with Gasteiger partial charge in [0.15, 0.2) is 5.78 Å². The molecule has 0 aliphatic rings. The van der Waals surface area contributed by atoms with Crippen molar-refractivity contribution in [3.05, 3.63) is 70.8 Å². The Kier molecular flexibility index (Phi) is 6.67. The molecule has 0 spiro atoms. The smallest absolute Gasteiger partial charge is 0.312 e. The number of aliphatic carboxylic acids is 1. The summed E-state index contributed by atoms with van der Waals surface area (Å²) in [7, 11) is 0. The third-order valence-corrected chi connectivity index (χ3v) is 4.28. The van der Waals surface area contributed by atoms with Crippen molar-refractivity contribution in [2.24, 2.45) is 0 Å². The van der Waals surface area contributed by atoms with Crippen molar-refractivity contribution in [3.8, 4) is 0 Å². The fourth-order valence-electron chi connectivity index (χ4n) is 2.74. The van der Waals surface area contributed by atoms with E-state index in [-0.39, 0.29) is 31.1 Å². The third-order valence-electron chi connectivity index (χ3n) is 4.28. The van der Waals surface area contributed by atoms with Crippen molar-refractivity contribution >= 4 is 17.7 Å². The van der Waals surface area contributed by atoms with E-state index in [2.05, 4.69) is 5.32 Å². The lowest BCUT2D eigenvalue weighted by Crippen LogP contribution is -2.31. The van der Waals surface area contributed by atoms with Crippen molar-refractivity contribution in [1.29, 1.82) is 0 Å². The number of hydrogen-bond acceptors (Lipinski definition) is 3. The van der Waals surface area contributed by atoms with E-state index in [1.165, 1.54) is 0 Å². The molecular weight excluding hydrogens is 330 g/mol. The summed E-state index contributed by atoms with van der Waals surface area (Å²) in [4.78, 5) is 35.8. The number of nitrogens with one attached hydrogen (secondary N) is 1. The van der Waals surface area contributed by atoms with Gasteiger partial charge in [-0.05, 0) is 31.0 Å². The van der Waals surface area contributed by atoms with Crippen LogP contribution in [-0.4, -0.2) is 29.3 Å². The summed E-state index contributed by atoms with van der Waals surface area (Å²) in [5.74, 6) is -2.22. The average molecular weight is 353 g/mol. The molecule has 2 rings (SSSR count). The number of Topliss-reactive ketones (excluding diaryl/α,β-unsaturated/α-hetero) is 1. The first-order chi connectivity index (χ1) is 12.4. The zero-order chi connectivity index (χ0) is 19.1. The molecule has 2 aromatic rings. The Morgan fingerprint density at radius 1 is 1.00 bits per heavy atom. The Bertz CT molecular complexity index is 799. The quantitative estimate of drug-likeness (QED) is 0.714. The Morgan fingerprint density at radius 2 is 1.69 bits per heavy atom. The predicted octanol–water partition coefficient (Wildman–Crippen LogP) is 3.25. The molecule has 5 heteroatoms. The molecule has 0 heterocycles. The SMILES string of the molecule is Cc1ccc(C)c(C(=O)CCC(=O)NCC(C(=O)O)c2ccccc2)c1. The van der Waals surface area contributed by atoms with E-state index in [9.17, 15) is 19.5 Å². The second-order valence-electron chi connectivity index (χ2n) is 6.35. The Morgan fingerprint density at radius 3 is 2.35 bits per heavy atom. The maximum absolute atomic E-state index is 12.3. The monoisotopic (exact) mass is 353 g/mol. The van der Waals surface area contributed by atoms with Gasteiger partial charge in [-0.3, -0.25) is 14.4 Å². The van der Waals surface area contributed by atoms with Gasteiger partial charge < -0.3 is 10.4 Å². The first kappa shape index (κ1) is 19.4. The van der Waals surface area contributed by atoms with Gasteiger partial charge in [0.1, 0.15) is 0 Å². The number of aryl methyl sites for hydroxylation is 2. The van der Waals surface area contributed by atoms with Crippen LogP contribution in [0.3, 0.4) is 0 Å². The van der Waals surface area contributed by atoms with Crippen molar-refractivity contribution in [1.82, 2.24) is 5.32 Å². The van der Waals surface area contributed by atoms with Gasteiger partial charge in [-0.1, -0.05) is 48.0 Å². The summed E-state index contributed by atoms with van der Waals surface area (Å²) in [5.41, 5.74) is 3.14. The number of amides is 1. The van der Waals surface area contributed by atoms with Gasteiger partial charge >= 0.3 is 5.97 Å². The number of carbonyl (C=O) groups excluding carboxylic acids is 2. The number of rotatable bonds is 8. The van der Waals surface area contributed by atoms with Crippen LogP contribution in [0.4, 0.5) is 0 Å². The highest BCUT2D eigenvalue weighted by Crippen LogP contribution is 2.16. The fourth-order valence-corrected chi connectivity index (χ4v) is 2.74. The highest BCUT2D eigenvalue weighted by molar-refractivity contribution is 5.99. The number of carboxylic acid groups (broad SMARTS) is 1. The Labute approximate surface area is 153 Å². The lowest BCUT2D eigenvalue weighted by Gasteiger charge is -2.14. The Hall–Kier alpha value is -2.95. The average Bonchev–Trinajstić information content (AvgIpc) is 2.62. The van der Waals surface area contributed by atoms with Crippen molar-refractivity contribution in [3.63, 3.8) is 0 Å². The van der Waals surface area contributed by atoms with Crippen LogP contribution in [0, 0.1) is 13.8 Å². The summed E-state index contributed by atoms with van der Waals surface area (Å²) in [6.45, 7) is 3.78. The van der Waals surface area contributed by atoms with Crippen LogP contribution in [0.1, 0.15) is 45.8 Å². The first-order valence-corrected chi connectivity index (χ1v) is 8.53. The second kappa shape index (κ2) is 8.94. The van der Waals surface area contributed by atoms with Gasteiger partial charge in [0.25, 0.3) is 0 Å². The van der Waals surface area contributed by atoms with Crippen LogP contribution >= 0.6 is 0 Å². The number of hydrogen-bond donors (Lipinski definition) is 2. The van der Waals surface area contributed by atoms with Gasteiger partial charge in [-0.2, -0.15) is 0 Å². The number of carbonyl (C=O) groups is 3. The summed E-state index contributed by atoms with van der Waals surface area (Å²) < 4.78 is 0. The normalized spacial score (nSPS) is 11.6. The van der Waals surface area contributed by atoms with Crippen LogP contribution in [-0.2, 0) is 9.59 Å². The van der Waals surface area contributed by atoms with Crippen LogP contribution < -0.4 is 5.32 Å². The minimum atomic E-state index is -0.997. The molecule has 136 valence electrons. The van der Waals surface area contributed by atoms with Crippen molar-refractivity contribution in [2.75, 3.05) is 6.54 Å². The molecule has 0 bridgehead atoms. The third kappa shape index (κ3) is 5.28. The molecule has 0 aromatic heterocycles. The zero-order valence-corrected chi connectivity index (χ0v) is 15.0. The molecule has 0 saturated heterocycles. The van der Waals surface area contributed by atoms with Crippen molar-refractivity contribution in [2.45, 2.75) is 32.6 Å². The predicted molar refractivity (Wildman–Crippen MR) is 99.3 cm³/mol. The molecule has 26 heavy (non-hydrogen) atoms. The molecule has 2 N–H and O–H groups in total. The van der Waals surface area contributed by atoms with E-state index < -0.39 is 11.9 Å². The summed E-state index contributed by atoms with van der Waals surface area (Å²) in [6.07, 6.45) is 0.131. The van der Waals surface area contributed by atoms with E-state index in [1.54, 1.807) is 30.3 Å². The van der Waals surface area contributed by atoms with Gasteiger partial charge in [0.05, 0.1) is 5.92 Å². The number of ketones is 1. The standard InChI is InChI=1S/C21H23NO4/c1-14-8-9-15(2)17(12-14)19(23)10-11-20(24)22-13-18(21(25)26)16-6-4-3-5-7-16/h3-9,12,18H,10-11,13H2,1-2H3,(H,22,24)(H,25,26). The highest BCUT2D eigenvalue weighted by Gasteiger charge is 2.20. The van der Waals surface area contributed by atoms with Gasteiger partial charge in [0.2, 0.25) is 5.91 Å². The summed E-state index contributed by atoms with van der Waals surface area (Å²) in [5, 5.41) is 12.0. The van der Waals surface area contributed by atoms with E-state index in [4.69, 9.17) is 0 Å². The van der Waals surface area contributed by atoms with Crippen LogP contribution in [0.15, 0.2) is 48.5 Å². The molecule has 0 fully saturated rings. The van der Waals surface area contributed by atoms with Crippen molar-refractivity contribution < 1.29 is 19.5 Å². The van der Waals surface area contributed by atoms with Gasteiger partial charge in [-0.25, -0.2) is 0 Å². The lowest BCUT2D eigenvalue weighted by molar-refractivity contribution is -0.138. The molecule has 2 aromatic carbocycles. The van der Waals surface area contributed by atoms with E-state index in [0.29, 0.717) is 11.1 Å². The minimum Gasteiger partial charge on any atom is -0.481 e. The lowest BCUT2D eigenvalue weighted by atomic mass is 9.98. The highest BCUT2D eigenvalue weighted by atomic mass is 16.4. The van der Waals surface area contributed by atoms with Gasteiger partial charge in [-0.15, -0.1) is 0 Å². The molecule has 1 amide bonds. The topological polar surface area (TPSA) is 83.5 Å². The molecule has 1 atom stereocenters. The maximum Gasteiger partial charge on any atom is 0.312 e. The van der Waals surface area contributed by atoms with E-state index >= 15 is 0 Å². The molecule has 0 saturated carbocycles. The van der Waals surface area contributed by atoms with Gasteiger partial charge in [0, 0.05) is 24.9 Å². The zero-order valence-electron chi connectivity index (χ0n) is 15.0. The largest absolute Gasteiger partial charge is 0.481 e.